The number of nitrogen functional groups attached to an aromatic ring is 2. The third-order valence-corrected chi connectivity index (χ3v) is 3.69. The smallest absolute Gasteiger partial charge is 0.214 e. The van der Waals surface area contributed by atoms with Crippen molar-refractivity contribution in [2.24, 2.45) is 0 Å². The molecule has 0 saturated carbocycles. The highest BCUT2D eigenvalue weighted by molar-refractivity contribution is 7.71. The van der Waals surface area contributed by atoms with Crippen molar-refractivity contribution >= 4 is 24.4 Å². The molecule has 6 N–H and O–H groups in total. The van der Waals surface area contributed by atoms with E-state index >= 15 is 0 Å². The summed E-state index contributed by atoms with van der Waals surface area (Å²) in [5.74, 6) is 13.6. The summed E-state index contributed by atoms with van der Waals surface area (Å²) in [5.41, 5.74) is 0. The Morgan fingerprint density at radius 2 is 1.21 bits per heavy atom. The lowest BCUT2D eigenvalue weighted by molar-refractivity contribution is 0.284. The van der Waals surface area contributed by atoms with E-state index in [9.17, 15) is 0 Å². The molecule has 12 heteroatoms. The molecular formula is C12H14N8O2S2. The second-order valence-corrected chi connectivity index (χ2v) is 5.45. The number of nitrogens with two attached hydrogens (primary N) is 2. The van der Waals surface area contributed by atoms with Crippen molar-refractivity contribution in [2.45, 2.75) is 13.2 Å². The molecule has 0 amide bonds. The minimum atomic E-state index is 0.186. The van der Waals surface area contributed by atoms with E-state index in [1.807, 2.05) is 0 Å². The summed E-state index contributed by atoms with van der Waals surface area (Å²) in [6.07, 6.45) is 0. The van der Waals surface area contributed by atoms with Crippen LogP contribution >= 0.6 is 24.4 Å². The number of hydrogen-bond acceptors (Lipinski definition) is 8. The molecule has 0 aliphatic rings. The second-order valence-electron chi connectivity index (χ2n) is 4.68. The van der Waals surface area contributed by atoms with Gasteiger partial charge in [0.05, 0.1) is 0 Å². The summed E-state index contributed by atoms with van der Waals surface area (Å²) >= 11 is 9.85. The predicted molar refractivity (Wildman–Crippen MR) is 90.2 cm³/mol. The Labute approximate surface area is 145 Å². The van der Waals surface area contributed by atoms with Crippen molar-refractivity contribution in [3.8, 4) is 11.5 Å². The average molecular weight is 366 g/mol. The van der Waals surface area contributed by atoms with Crippen molar-refractivity contribution in [1.82, 2.24) is 29.7 Å². The van der Waals surface area contributed by atoms with Crippen LogP contribution in [0.15, 0.2) is 24.3 Å². The zero-order chi connectivity index (χ0) is 17.1. The molecule has 0 radical (unpaired) electrons. The van der Waals surface area contributed by atoms with Gasteiger partial charge < -0.3 is 21.2 Å². The summed E-state index contributed by atoms with van der Waals surface area (Å²) in [6.45, 7) is 0.373. The molecule has 2 aromatic heterocycles. The average Bonchev–Trinajstić information content (AvgIpc) is 3.08. The monoisotopic (exact) mass is 366 g/mol. The molecule has 0 unspecified atom stereocenters. The largest absolute Gasteiger partial charge is 0.486 e. The van der Waals surface area contributed by atoms with Crippen LogP contribution in [-0.2, 0) is 13.2 Å². The molecular weight excluding hydrogens is 352 g/mol. The van der Waals surface area contributed by atoms with E-state index in [0.717, 1.165) is 0 Å². The number of ether oxygens (including phenoxy) is 2. The molecule has 24 heavy (non-hydrogen) atoms. The summed E-state index contributed by atoms with van der Waals surface area (Å²) in [6, 6.07) is 7.04. The van der Waals surface area contributed by atoms with Gasteiger partial charge in [-0.1, -0.05) is 0 Å². The molecule has 10 nitrogen and oxygen atoms in total. The number of aromatic amines is 2. The maximum absolute atomic E-state index is 5.69. The van der Waals surface area contributed by atoms with Gasteiger partial charge >= 0.3 is 0 Å². The first-order valence-corrected chi connectivity index (χ1v) is 7.54. The van der Waals surface area contributed by atoms with Crippen LogP contribution in [0, 0.1) is 9.54 Å². The Bertz CT molecular complexity index is 862. The maximum Gasteiger partial charge on any atom is 0.214 e. The van der Waals surface area contributed by atoms with E-state index in [0.29, 0.717) is 32.7 Å². The van der Waals surface area contributed by atoms with Crippen LogP contribution < -0.4 is 21.2 Å². The third-order valence-electron chi connectivity index (χ3n) is 3.11. The van der Waals surface area contributed by atoms with E-state index in [4.69, 9.17) is 45.6 Å². The van der Waals surface area contributed by atoms with Crippen LogP contribution in [0.3, 0.4) is 0 Å². The van der Waals surface area contributed by atoms with Gasteiger partial charge in [0, 0.05) is 0 Å². The highest BCUT2D eigenvalue weighted by atomic mass is 32.1. The number of nitrogens with one attached hydrogen (secondary N) is 2. The first kappa shape index (κ1) is 16.0. The number of rotatable bonds is 6. The summed E-state index contributed by atoms with van der Waals surface area (Å²) in [5, 5.41) is 13.1. The highest BCUT2D eigenvalue weighted by Gasteiger charge is 2.06. The minimum Gasteiger partial charge on any atom is -0.486 e. The lowest BCUT2D eigenvalue weighted by Crippen LogP contribution is -2.15. The summed E-state index contributed by atoms with van der Waals surface area (Å²) < 4.78 is 14.3. The van der Waals surface area contributed by atoms with Crippen molar-refractivity contribution < 1.29 is 9.47 Å². The summed E-state index contributed by atoms with van der Waals surface area (Å²) in [4.78, 5) is 0. The Hall–Kier alpha value is -2.86. The quantitative estimate of drug-likeness (QED) is 0.371. The number of nitrogens with zero attached hydrogens (tertiary/aromatic N) is 4. The van der Waals surface area contributed by atoms with Crippen LogP contribution in [0.4, 0.5) is 0 Å². The first-order chi connectivity index (χ1) is 11.5. The Morgan fingerprint density at radius 3 is 1.50 bits per heavy atom. The van der Waals surface area contributed by atoms with Gasteiger partial charge in [0.2, 0.25) is 9.54 Å². The first-order valence-electron chi connectivity index (χ1n) is 6.73. The summed E-state index contributed by atoms with van der Waals surface area (Å²) in [7, 11) is 0. The number of aromatic nitrogens is 6. The van der Waals surface area contributed by atoms with Gasteiger partial charge in [-0.25, -0.2) is 9.35 Å². The van der Waals surface area contributed by atoms with Crippen molar-refractivity contribution in [1.29, 1.82) is 0 Å². The van der Waals surface area contributed by atoms with Gasteiger partial charge in [-0.3, -0.25) is 10.2 Å². The van der Waals surface area contributed by atoms with Crippen molar-refractivity contribution in [3.05, 3.63) is 45.5 Å². The molecule has 126 valence electrons. The maximum atomic E-state index is 5.69. The highest BCUT2D eigenvalue weighted by Crippen LogP contribution is 2.19. The molecule has 0 saturated heterocycles. The normalized spacial score (nSPS) is 10.7. The fourth-order valence-corrected chi connectivity index (χ4v) is 2.11. The number of hydrogen-bond donors (Lipinski definition) is 4. The van der Waals surface area contributed by atoms with Gasteiger partial charge in [0.1, 0.15) is 24.7 Å². The molecule has 0 bridgehead atoms. The van der Waals surface area contributed by atoms with E-state index < -0.39 is 0 Å². The van der Waals surface area contributed by atoms with E-state index in [1.54, 1.807) is 24.3 Å². The van der Waals surface area contributed by atoms with Crippen LogP contribution in [0.2, 0.25) is 0 Å². The van der Waals surface area contributed by atoms with Crippen LogP contribution in [-0.4, -0.2) is 29.7 Å². The fourth-order valence-electron chi connectivity index (χ4n) is 1.81. The van der Waals surface area contributed by atoms with Gasteiger partial charge in [0.15, 0.2) is 11.6 Å². The predicted octanol–water partition coefficient (Wildman–Crippen LogP) is 0.780. The SMILES string of the molecule is Nn1c(COc2ccc(OCc3n[nH]c(=S)n3N)cc2)n[nH]c1=S. The number of benzene rings is 1. The molecule has 0 aliphatic heterocycles. The van der Waals surface area contributed by atoms with E-state index in [1.165, 1.54) is 9.35 Å². The van der Waals surface area contributed by atoms with Crippen molar-refractivity contribution in [2.75, 3.05) is 11.7 Å². The van der Waals surface area contributed by atoms with E-state index in [2.05, 4.69) is 20.4 Å². The Kier molecular flexibility index (Phi) is 4.48. The lowest BCUT2D eigenvalue weighted by atomic mass is 10.3. The van der Waals surface area contributed by atoms with E-state index in [-0.39, 0.29) is 13.2 Å². The van der Waals surface area contributed by atoms with Gasteiger partial charge in [0.25, 0.3) is 0 Å². The van der Waals surface area contributed by atoms with Crippen molar-refractivity contribution in [3.63, 3.8) is 0 Å². The third kappa shape index (κ3) is 3.38. The Morgan fingerprint density at radius 1 is 0.833 bits per heavy atom. The van der Waals surface area contributed by atoms with Crippen LogP contribution in [0.1, 0.15) is 11.6 Å². The van der Waals surface area contributed by atoms with Gasteiger partial charge in [-0.2, -0.15) is 10.2 Å². The minimum absolute atomic E-state index is 0.186. The molecule has 0 fully saturated rings. The standard InChI is InChI=1S/C12H14N8O2S2/c13-19-9(15-17-11(19)23)5-21-7-1-2-8(4-3-7)22-6-10-16-18-12(24)20(10)14/h1-4H,5-6,13-14H2,(H,17,23)(H,18,24). The molecule has 1 aromatic carbocycles. The fraction of sp³-hybridized carbons (Fsp3) is 0.167. The molecule has 2 heterocycles. The number of H-pyrrole nitrogens is 2. The van der Waals surface area contributed by atoms with Gasteiger partial charge in [-0.05, 0) is 48.7 Å². The lowest BCUT2D eigenvalue weighted by Gasteiger charge is -2.08. The molecule has 0 atom stereocenters. The molecule has 3 rings (SSSR count). The molecule has 3 aromatic rings. The zero-order valence-corrected chi connectivity index (χ0v) is 13.9. The second kappa shape index (κ2) is 6.72. The Balaban J connectivity index is 1.57. The molecule has 0 spiro atoms. The molecule has 0 aliphatic carbocycles. The topological polar surface area (TPSA) is 138 Å². The van der Waals surface area contributed by atoms with Crippen LogP contribution in [0.5, 0.6) is 11.5 Å². The zero-order valence-electron chi connectivity index (χ0n) is 12.3. The van der Waals surface area contributed by atoms with Crippen LogP contribution in [0.25, 0.3) is 0 Å². The van der Waals surface area contributed by atoms with Gasteiger partial charge in [-0.15, -0.1) is 0 Å².